The zero-order valence-electron chi connectivity index (χ0n) is 15.5. The Hall–Kier alpha value is -2.48. The number of hydrogen-bond donors (Lipinski definition) is 1. The predicted octanol–water partition coefficient (Wildman–Crippen LogP) is 5.33. The zero-order valence-corrected chi connectivity index (χ0v) is 16.3. The van der Waals surface area contributed by atoms with E-state index in [4.69, 9.17) is 0 Å². The molecule has 4 nitrogen and oxygen atoms in total. The number of aromatic hydroxyl groups is 1. The summed E-state index contributed by atoms with van der Waals surface area (Å²) in [5, 5.41) is 18.3. The van der Waals surface area contributed by atoms with Gasteiger partial charge in [-0.1, -0.05) is 0 Å². The SMILES string of the molecule is Cc1cc(SCCCc2nn(-c3ccc(C(F)(F)F)cc3)nc2C)ccc1O. The molecule has 0 aliphatic heterocycles. The summed E-state index contributed by atoms with van der Waals surface area (Å²) in [5.74, 6) is 1.18. The number of alkyl halides is 3. The first-order valence-corrected chi connectivity index (χ1v) is 9.75. The third-order valence-electron chi connectivity index (χ3n) is 4.30. The Bertz CT molecular complexity index is 952. The molecule has 0 unspecified atom stereocenters. The van der Waals surface area contributed by atoms with Gasteiger partial charge in [0.2, 0.25) is 0 Å². The van der Waals surface area contributed by atoms with Crippen molar-refractivity contribution in [3.63, 3.8) is 0 Å². The van der Waals surface area contributed by atoms with E-state index < -0.39 is 11.7 Å². The molecule has 0 aliphatic carbocycles. The van der Waals surface area contributed by atoms with Gasteiger partial charge in [0, 0.05) is 4.90 Å². The van der Waals surface area contributed by atoms with Gasteiger partial charge in [0.25, 0.3) is 0 Å². The Morgan fingerprint density at radius 2 is 1.75 bits per heavy atom. The van der Waals surface area contributed by atoms with Crippen molar-refractivity contribution in [3.8, 4) is 11.4 Å². The molecule has 3 aromatic rings. The molecule has 0 saturated carbocycles. The number of thioether (sulfide) groups is 1. The Morgan fingerprint density at radius 1 is 1.04 bits per heavy atom. The smallest absolute Gasteiger partial charge is 0.416 e. The number of hydrogen-bond acceptors (Lipinski definition) is 4. The Labute approximate surface area is 165 Å². The molecule has 28 heavy (non-hydrogen) atoms. The zero-order chi connectivity index (χ0) is 20.3. The van der Waals surface area contributed by atoms with Crippen molar-refractivity contribution in [2.75, 3.05) is 5.75 Å². The molecule has 1 heterocycles. The van der Waals surface area contributed by atoms with Gasteiger partial charge in [-0.05, 0) is 80.5 Å². The highest BCUT2D eigenvalue weighted by Crippen LogP contribution is 2.29. The van der Waals surface area contributed by atoms with Crippen molar-refractivity contribution in [2.45, 2.75) is 37.8 Å². The highest BCUT2D eigenvalue weighted by atomic mass is 32.2. The Balaban J connectivity index is 1.58. The van der Waals surface area contributed by atoms with Gasteiger partial charge in [-0.3, -0.25) is 0 Å². The van der Waals surface area contributed by atoms with Gasteiger partial charge >= 0.3 is 6.18 Å². The fourth-order valence-electron chi connectivity index (χ4n) is 2.69. The lowest BCUT2D eigenvalue weighted by molar-refractivity contribution is -0.137. The van der Waals surface area contributed by atoms with E-state index in [2.05, 4.69) is 10.2 Å². The highest BCUT2D eigenvalue weighted by Gasteiger charge is 2.30. The van der Waals surface area contributed by atoms with E-state index in [1.165, 1.54) is 16.9 Å². The lowest BCUT2D eigenvalue weighted by atomic mass is 10.2. The average Bonchev–Trinajstić information content (AvgIpc) is 3.02. The van der Waals surface area contributed by atoms with Crippen molar-refractivity contribution < 1.29 is 18.3 Å². The summed E-state index contributed by atoms with van der Waals surface area (Å²) < 4.78 is 38.0. The van der Waals surface area contributed by atoms with Gasteiger partial charge in [0.15, 0.2) is 0 Å². The van der Waals surface area contributed by atoms with Gasteiger partial charge in [0.05, 0.1) is 22.6 Å². The molecule has 0 amide bonds. The first kappa shape index (κ1) is 20.3. The number of halogens is 3. The van der Waals surface area contributed by atoms with Crippen LogP contribution in [0.4, 0.5) is 13.2 Å². The van der Waals surface area contributed by atoms with Crippen molar-refractivity contribution >= 4 is 11.8 Å². The number of rotatable bonds is 6. The molecule has 1 aromatic heterocycles. The minimum absolute atomic E-state index is 0.292. The fourth-order valence-corrected chi connectivity index (χ4v) is 3.64. The van der Waals surface area contributed by atoms with Crippen molar-refractivity contribution in [3.05, 3.63) is 65.0 Å². The largest absolute Gasteiger partial charge is 0.508 e. The Kier molecular flexibility index (Phi) is 5.98. The highest BCUT2D eigenvalue weighted by molar-refractivity contribution is 7.99. The van der Waals surface area contributed by atoms with E-state index in [-0.39, 0.29) is 0 Å². The van der Waals surface area contributed by atoms with E-state index in [1.807, 2.05) is 26.0 Å². The number of nitrogens with zero attached hydrogens (tertiary/aromatic N) is 3. The molecule has 8 heteroatoms. The van der Waals surface area contributed by atoms with Crippen molar-refractivity contribution in [1.82, 2.24) is 15.0 Å². The number of phenols is 1. The number of aryl methyl sites for hydroxylation is 3. The second kappa shape index (κ2) is 8.26. The molecule has 0 bridgehead atoms. The summed E-state index contributed by atoms with van der Waals surface area (Å²) in [5.41, 5.74) is 2.26. The van der Waals surface area contributed by atoms with Crippen LogP contribution in [0.2, 0.25) is 0 Å². The number of phenolic OH excluding ortho intramolecular Hbond substituents is 1. The van der Waals surface area contributed by atoms with E-state index in [1.54, 1.807) is 17.8 Å². The van der Waals surface area contributed by atoms with Gasteiger partial charge in [-0.2, -0.15) is 28.2 Å². The molecule has 0 saturated heterocycles. The monoisotopic (exact) mass is 407 g/mol. The molecule has 2 aromatic carbocycles. The summed E-state index contributed by atoms with van der Waals surface area (Å²) in [6, 6.07) is 10.3. The minimum atomic E-state index is -4.36. The van der Waals surface area contributed by atoms with Crippen LogP contribution in [0, 0.1) is 13.8 Å². The maximum absolute atomic E-state index is 12.7. The van der Waals surface area contributed by atoms with Gasteiger partial charge in [0.1, 0.15) is 5.75 Å². The maximum atomic E-state index is 12.7. The molecule has 0 aliphatic rings. The molecule has 0 spiro atoms. The van der Waals surface area contributed by atoms with Crippen LogP contribution in [0.1, 0.15) is 28.9 Å². The van der Waals surface area contributed by atoms with Crippen LogP contribution >= 0.6 is 11.8 Å². The number of aromatic nitrogens is 3. The molecule has 148 valence electrons. The van der Waals surface area contributed by atoms with Crippen LogP contribution in [0.15, 0.2) is 47.4 Å². The molecule has 0 fully saturated rings. The van der Waals surface area contributed by atoms with Crippen LogP contribution in [0.25, 0.3) is 5.69 Å². The first-order chi connectivity index (χ1) is 13.2. The molecular formula is C20H20F3N3OS. The van der Waals surface area contributed by atoms with Crippen LogP contribution in [0.5, 0.6) is 5.75 Å². The summed E-state index contributed by atoms with van der Waals surface area (Å²) in [7, 11) is 0. The summed E-state index contributed by atoms with van der Waals surface area (Å²) in [6.45, 7) is 3.71. The van der Waals surface area contributed by atoms with E-state index in [9.17, 15) is 18.3 Å². The maximum Gasteiger partial charge on any atom is 0.416 e. The standard InChI is InChI=1S/C20H20F3N3OS/c1-13-12-17(9-10-19(13)27)28-11-3-4-18-14(2)24-26(25-18)16-7-5-15(6-8-16)20(21,22)23/h5-10,12,27H,3-4,11H2,1-2H3. The van der Waals surface area contributed by atoms with Crippen molar-refractivity contribution in [2.24, 2.45) is 0 Å². The molecule has 3 rings (SSSR count). The lowest BCUT2D eigenvalue weighted by Gasteiger charge is -2.06. The predicted molar refractivity (Wildman–Crippen MR) is 103 cm³/mol. The lowest BCUT2D eigenvalue weighted by Crippen LogP contribution is -2.06. The molecular weight excluding hydrogens is 387 g/mol. The summed E-state index contributed by atoms with van der Waals surface area (Å²) >= 11 is 1.70. The normalized spacial score (nSPS) is 11.8. The van der Waals surface area contributed by atoms with Crippen LogP contribution in [-0.2, 0) is 12.6 Å². The van der Waals surface area contributed by atoms with Crippen LogP contribution in [0.3, 0.4) is 0 Å². The molecule has 0 radical (unpaired) electrons. The van der Waals surface area contributed by atoms with Crippen LogP contribution < -0.4 is 0 Å². The molecule has 0 atom stereocenters. The second-order valence-corrected chi connectivity index (χ2v) is 7.63. The minimum Gasteiger partial charge on any atom is -0.508 e. The van der Waals surface area contributed by atoms with Crippen molar-refractivity contribution in [1.29, 1.82) is 0 Å². The quantitative estimate of drug-likeness (QED) is 0.443. The topological polar surface area (TPSA) is 50.9 Å². The van der Waals surface area contributed by atoms with Gasteiger partial charge in [-0.25, -0.2) is 0 Å². The summed E-state index contributed by atoms with van der Waals surface area (Å²) in [4.78, 5) is 2.47. The van der Waals surface area contributed by atoms with Gasteiger partial charge < -0.3 is 5.11 Å². The van der Waals surface area contributed by atoms with E-state index in [0.29, 0.717) is 11.4 Å². The summed E-state index contributed by atoms with van der Waals surface area (Å²) in [6.07, 6.45) is -2.74. The van der Waals surface area contributed by atoms with Gasteiger partial charge in [-0.15, -0.1) is 11.8 Å². The van der Waals surface area contributed by atoms with E-state index >= 15 is 0 Å². The fraction of sp³-hybridized carbons (Fsp3) is 0.300. The average molecular weight is 407 g/mol. The molecule has 1 N–H and O–H groups in total. The second-order valence-electron chi connectivity index (χ2n) is 6.47. The Morgan fingerprint density at radius 3 is 2.39 bits per heavy atom. The third-order valence-corrected chi connectivity index (χ3v) is 5.38. The number of benzene rings is 2. The first-order valence-electron chi connectivity index (χ1n) is 8.77. The van der Waals surface area contributed by atoms with E-state index in [0.717, 1.165) is 52.6 Å². The van der Waals surface area contributed by atoms with Crippen LogP contribution in [-0.4, -0.2) is 25.9 Å². The third kappa shape index (κ3) is 4.86.